The molecule has 0 spiro atoms. The number of carbonyl (C=O) groups excluding carboxylic acids is 1. The van der Waals surface area contributed by atoms with Gasteiger partial charge in [0.15, 0.2) is 0 Å². The molecule has 7 heteroatoms. The summed E-state index contributed by atoms with van der Waals surface area (Å²) >= 11 is 0. The van der Waals surface area contributed by atoms with E-state index in [9.17, 15) is 9.90 Å². The first-order valence-corrected chi connectivity index (χ1v) is 13.9. The summed E-state index contributed by atoms with van der Waals surface area (Å²) in [6.07, 6.45) is 7.23. The van der Waals surface area contributed by atoms with Gasteiger partial charge in [0.05, 0.1) is 0 Å². The fourth-order valence-electron chi connectivity index (χ4n) is 6.26. The molecule has 6 rings (SSSR count). The topological polar surface area (TPSA) is 96.8 Å². The second-order valence-electron chi connectivity index (χ2n) is 12.3. The lowest BCUT2D eigenvalue weighted by Gasteiger charge is -2.34. The SMILES string of the molecule is CC(C)(C)c1cccc(C(C)(O)c2ccc(-c3nc([C@@H]4CC[C@H]5CCC(=O)N5C4)n4ccnc(N)c34)cc2)c1. The zero-order valence-corrected chi connectivity index (χ0v) is 23.2. The standard InChI is InChI=1S/C32H37N5O2/c1-31(2,3)23-6-5-7-24(18-23)32(4,39)22-11-8-20(9-12-22)27-28-29(33)34-16-17-36(28)30(35-27)21-10-13-25-14-15-26(38)37(25)19-21/h5-9,11-12,16-18,21,25,39H,10,13-15,19H2,1-4H3,(H2,33,34)/t21-,25+,32?/m1/s1. The summed E-state index contributed by atoms with van der Waals surface area (Å²) in [5, 5.41) is 11.6. The molecular weight excluding hydrogens is 486 g/mol. The number of hydrogen-bond donors (Lipinski definition) is 2. The highest BCUT2D eigenvalue weighted by Crippen LogP contribution is 2.39. The molecule has 2 saturated heterocycles. The van der Waals surface area contributed by atoms with Gasteiger partial charge in [-0.2, -0.15) is 0 Å². The van der Waals surface area contributed by atoms with Crippen molar-refractivity contribution < 1.29 is 9.90 Å². The van der Waals surface area contributed by atoms with E-state index in [2.05, 4.69) is 37.9 Å². The smallest absolute Gasteiger partial charge is 0.222 e. The third-order valence-corrected chi connectivity index (χ3v) is 8.70. The Hall–Kier alpha value is -3.71. The maximum absolute atomic E-state index is 12.5. The molecule has 2 aliphatic heterocycles. The molecule has 4 heterocycles. The third kappa shape index (κ3) is 4.39. The minimum atomic E-state index is -1.15. The molecule has 3 N–H and O–H groups in total. The van der Waals surface area contributed by atoms with E-state index in [1.165, 1.54) is 5.56 Å². The summed E-state index contributed by atoms with van der Waals surface area (Å²) in [6.45, 7) is 9.06. The lowest BCUT2D eigenvalue weighted by Crippen LogP contribution is -2.41. The van der Waals surface area contributed by atoms with Gasteiger partial charge in [0, 0.05) is 42.9 Å². The Kier molecular flexibility index (Phi) is 6.03. The average Bonchev–Trinajstić information content (AvgIpc) is 3.50. The van der Waals surface area contributed by atoms with Crippen LogP contribution in [0.15, 0.2) is 60.9 Å². The van der Waals surface area contributed by atoms with Crippen molar-refractivity contribution in [2.45, 2.75) is 76.4 Å². The molecule has 0 aliphatic carbocycles. The highest BCUT2D eigenvalue weighted by molar-refractivity contribution is 5.85. The summed E-state index contributed by atoms with van der Waals surface area (Å²) in [7, 11) is 0. The van der Waals surface area contributed by atoms with Crippen LogP contribution in [0, 0.1) is 0 Å². The van der Waals surface area contributed by atoms with E-state index in [1.54, 1.807) is 6.20 Å². The summed E-state index contributed by atoms with van der Waals surface area (Å²) in [4.78, 5) is 24.0. The van der Waals surface area contributed by atoms with Gasteiger partial charge in [-0.3, -0.25) is 9.20 Å². The third-order valence-electron chi connectivity index (χ3n) is 8.70. The Morgan fingerprint density at radius 3 is 2.46 bits per heavy atom. The van der Waals surface area contributed by atoms with Crippen LogP contribution in [0.2, 0.25) is 0 Å². The van der Waals surface area contributed by atoms with Gasteiger partial charge in [0.1, 0.15) is 28.5 Å². The number of carbonyl (C=O) groups is 1. The van der Waals surface area contributed by atoms with Crippen molar-refractivity contribution in [3.8, 4) is 11.3 Å². The van der Waals surface area contributed by atoms with Gasteiger partial charge in [0.2, 0.25) is 5.91 Å². The molecule has 39 heavy (non-hydrogen) atoms. The first kappa shape index (κ1) is 25.6. The van der Waals surface area contributed by atoms with E-state index >= 15 is 0 Å². The highest BCUT2D eigenvalue weighted by atomic mass is 16.3. The molecule has 3 atom stereocenters. The van der Waals surface area contributed by atoms with Crippen molar-refractivity contribution in [2.75, 3.05) is 12.3 Å². The quantitative estimate of drug-likeness (QED) is 0.373. The predicted molar refractivity (Wildman–Crippen MR) is 153 cm³/mol. The lowest BCUT2D eigenvalue weighted by molar-refractivity contribution is -0.130. The minimum Gasteiger partial charge on any atom is -0.382 e. The van der Waals surface area contributed by atoms with Crippen molar-refractivity contribution >= 4 is 17.2 Å². The van der Waals surface area contributed by atoms with Crippen molar-refractivity contribution in [2.24, 2.45) is 0 Å². The van der Waals surface area contributed by atoms with Gasteiger partial charge in [0.25, 0.3) is 0 Å². The fourth-order valence-corrected chi connectivity index (χ4v) is 6.26. The van der Waals surface area contributed by atoms with Crippen LogP contribution in [-0.2, 0) is 15.8 Å². The maximum atomic E-state index is 12.5. The van der Waals surface area contributed by atoms with Crippen LogP contribution in [0.3, 0.4) is 0 Å². The number of hydrogen-bond acceptors (Lipinski definition) is 5. The molecule has 0 saturated carbocycles. The van der Waals surface area contributed by atoms with E-state index < -0.39 is 5.60 Å². The number of anilines is 1. The largest absolute Gasteiger partial charge is 0.382 e. The molecule has 1 unspecified atom stereocenters. The summed E-state index contributed by atoms with van der Waals surface area (Å²) < 4.78 is 2.05. The molecule has 1 amide bonds. The summed E-state index contributed by atoms with van der Waals surface area (Å²) in [6, 6.07) is 16.5. The second kappa shape index (κ2) is 9.19. The van der Waals surface area contributed by atoms with E-state index in [0.717, 1.165) is 53.0 Å². The average molecular weight is 524 g/mol. The number of imidazole rings is 1. The number of fused-ring (bicyclic) bond motifs is 2. The molecule has 2 aromatic heterocycles. The van der Waals surface area contributed by atoms with Crippen LogP contribution in [0.1, 0.15) is 81.8 Å². The van der Waals surface area contributed by atoms with Crippen molar-refractivity contribution in [1.82, 2.24) is 19.3 Å². The first-order valence-electron chi connectivity index (χ1n) is 13.9. The van der Waals surface area contributed by atoms with Gasteiger partial charge in [-0.25, -0.2) is 9.97 Å². The Balaban J connectivity index is 1.36. The highest BCUT2D eigenvalue weighted by Gasteiger charge is 2.38. The number of piperidine rings is 1. The van der Waals surface area contributed by atoms with Crippen LogP contribution in [0.25, 0.3) is 16.8 Å². The number of aromatic nitrogens is 3. The predicted octanol–water partition coefficient (Wildman–Crippen LogP) is 5.40. The van der Waals surface area contributed by atoms with Gasteiger partial charge in [-0.15, -0.1) is 0 Å². The zero-order valence-electron chi connectivity index (χ0n) is 23.2. The summed E-state index contributed by atoms with van der Waals surface area (Å²) in [5.74, 6) is 1.73. The van der Waals surface area contributed by atoms with Crippen LogP contribution >= 0.6 is 0 Å². The molecule has 2 aliphatic rings. The summed E-state index contributed by atoms with van der Waals surface area (Å²) in [5.41, 5.74) is 10.5. The number of rotatable bonds is 4. The maximum Gasteiger partial charge on any atom is 0.222 e. The molecular formula is C32H37N5O2. The number of amides is 1. The van der Waals surface area contributed by atoms with Crippen LogP contribution in [-0.4, -0.2) is 42.9 Å². The number of aliphatic hydroxyl groups is 1. The van der Waals surface area contributed by atoms with E-state index in [4.69, 9.17) is 10.7 Å². The molecule has 202 valence electrons. The Morgan fingerprint density at radius 2 is 1.72 bits per heavy atom. The van der Waals surface area contributed by atoms with Crippen molar-refractivity contribution in [3.05, 3.63) is 83.4 Å². The van der Waals surface area contributed by atoms with Crippen LogP contribution in [0.5, 0.6) is 0 Å². The van der Waals surface area contributed by atoms with Gasteiger partial charge in [-0.05, 0) is 48.3 Å². The zero-order chi connectivity index (χ0) is 27.5. The number of nitrogens with two attached hydrogens (primary N) is 1. The minimum absolute atomic E-state index is 0.00882. The second-order valence-corrected chi connectivity index (χ2v) is 12.3. The fraction of sp³-hybridized carbons (Fsp3) is 0.406. The van der Waals surface area contributed by atoms with Crippen molar-refractivity contribution in [3.63, 3.8) is 0 Å². The van der Waals surface area contributed by atoms with Crippen LogP contribution < -0.4 is 5.73 Å². The van der Waals surface area contributed by atoms with E-state index in [-0.39, 0.29) is 17.2 Å². The Labute approximate surface area is 229 Å². The monoisotopic (exact) mass is 523 g/mol. The Bertz CT molecular complexity index is 1550. The number of benzene rings is 2. The molecule has 0 bridgehead atoms. The van der Waals surface area contributed by atoms with Gasteiger partial charge >= 0.3 is 0 Å². The number of nitrogens with zero attached hydrogens (tertiary/aromatic N) is 4. The van der Waals surface area contributed by atoms with Gasteiger partial charge in [-0.1, -0.05) is 69.3 Å². The first-order chi connectivity index (χ1) is 18.5. The van der Waals surface area contributed by atoms with Crippen molar-refractivity contribution in [1.29, 1.82) is 0 Å². The van der Waals surface area contributed by atoms with E-state index in [0.29, 0.717) is 24.8 Å². The van der Waals surface area contributed by atoms with Gasteiger partial charge < -0.3 is 15.7 Å². The molecule has 7 nitrogen and oxygen atoms in total. The number of nitrogen functional groups attached to an aromatic ring is 1. The molecule has 2 fully saturated rings. The van der Waals surface area contributed by atoms with Crippen LogP contribution in [0.4, 0.5) is 5.82 Å². The molecule has 4 aromatic rings. The molecule has 2 aromatic carbocycles. The lowest BCUT2D eigenvalue weighted by atomic mass is 9.81. The normalized spacial score (nSPS) is 21.3. The Morgan fingerprint density at radius 1 is 0.974 bits per heavy atom. The van der Waals surface area contributed by atoms with E-state index in [1.807, 2.05) is 58.8 Å². The molecule has 0 radical (unpaired) electrons.